The van der Waals surface area contributed by atoms with Gasteiger partial charge in [-0.25, -0.2) is 4.39 Å². The third kappa shape index (κ3) is 6.02. The molecule has 0 fully saturated rings. The van der Waals surface area contributed by atoms with Crippen molar-refractivity contribution in [1.29, 1.82) is 0 Å². The smallest absolute Gasteiger partial charge is 0.299 e. The molecule has 7 nitrogen and oxygen atoms in total. The SMILES string of the molecule is Cc1ccc(-n2ncc(Oc3ccccc3F)c(Nc3cccc(C(=O)NCc4ccccc4)c3)c2=O)cc1. The number of anilines is 2. The first-order valence-electron chi connectivity index (χ1n) is 12.3. The van der Waals surface area contributed by atoms with Crippen LogP contribution in [0.15, 0.2) is 114 Å². The van der Waals surface area contributed by atoms with Crippen molar-refractivity contribution < 1.29 is 13.9 Å². The molecule has 2 N–H and O–H groups in total. The van der Waals surface area contributed by atoms with Crippen molar-refractivity contribution in [2.24, 2.45) is 0 Å². The van der Waals surface area contributed by atoms with Gasteiger partial charge in [0.2, 0.25) is 0 Å². The molecule has 0 unspecified atom stereocenters. The Balaban J connectivity index is 1.47. The Bertz CT molecular complexity index is 1670. The molecule has 1 aromatic heterocycles. The normalized spacial score (nSPS) is 10.6. The Hall–Kier alpha value is -5.24. The Kier molecular flexibility index (Phi) is 7.45. The van der Waals surface area contributed by atoms with E-state index >= 15 is 0 Å². The summed E-state index contributed by atoms with van der Waals surface area (Å²) in [6, 6.07) is 29.5. The maximum absolute atomic E-state index is 14.4. The second-order valence-electron chi connectivity index (χ2n) is 8.84. The van der Waals surface area contributed by atoms with Crippen LogP contribution in [0.5, 0.6) is 11.5 Å². The zero-order chi connectivity index (χ0) is 27.2. The maximum atomic E-state index is 14.4. The molecule has 0 bridgehead atoms. The van der Waals surface area contributed by atoms with Crippen molar-refractivity contribution in [3.8, 4) is 17.2 Å². The van der Waals surface area contributed by atoms with E-state index < -0.39 is 11.4 Å². The Morgan fingerprint density at radius 1 is 0.897 bits per heavy atom. The molecule has 5 aromatic rings. The quantitative estimate of drug-likeness (QED) is 0.257. The molecule has 39 heavy (non-hydrogen) atoms. The van der Waals surface area contributed by atoms with Crippen molar-refractivity contribution in [2.45, 2.75) is 13.5 Å². The van der Waals surface area contributed by atoms with Crippen LogP contribution in [0.25, 0.3) is 5.69 Å². The number of aromatic nitrogens is 2. The van der Waals surface area contributed by atoms with Gasteiger partial charge in [0, 0.05) is 17.8 Å². The number of hydrogen-bond acceptors (Lipinski definition) is 5. The summed E-state index contributed by atoms with van der Waals surface area (Å²) in [5, 5.41) is 10.2. The van der Waals surface area contributed by atoms with Crippen molar-refractivity contribution >= 4 is 17.3 Å². The highest BCUT2D eigenvalue weighted by molar-refractivity contribution is 5.95. The van der Waals surface area contributed by atoms with E-state index in [2.05, 4.69) is 15.7 Å². The number of carbonyl (C=O) groups is 1. The molecule has 4 aromatic carbocycles. The van der Waals surface area contributed by atoms with Crippen LogP contribution in [0.4, 0.5) is 15.8 Å². The van der Waals surface area contributed by atoms with E-state index in [4.69, 9.17) is 4.74 Å². The number of amides is 1. The minimum absolute atomic E-state index is 0.0346. The summed E-state index contributed by atoms with van der Waals surface area (Å²) < 4.78 is 21.4. The van der Waals surface area contributed by atoms with Crippen molar-refractivity contribution in [3.05, 3.63) is 142 Å². The van der Waals surface area contributed by atoms with Gasteiger partial charge in [0.1, 0.15) is 0 Å². The molecular weight excluding hydrogens is 495 g/mol. The molecule has 0 aliphatic carbocycles. The predicted octanol–water partition coefficient (Wildman–Crippen LogP) is 6.15. The van der Waals surface area contributed by atoms with Gasteiger partial charge in [-0.2, -0.15) is 9.78 Å². The molecular formula is C31H25FN4O3. The van der Waals surface area contributed by atoms with Gasteiger partial charge in [0.25, 0.3) is 11.5 Å². The van der Waals surface area contributed by atoms with Crippen LogP contribution in [0.2, 0.25) is 0 Å². The Labute approximate surface area is 224 Å². The summed E-state index contributed by atoms with van der Waals surface area (Å²) in [6.07, 6.45) is 1.35. The molecule has 0 atom stereocenters. The number of benzene rings is 4. The summed E-state index contributed by atoms with van der Waals surface area (Å²) in [5.74, 6) is -0.864. The van der Waals surface area contributed by atoms with Gasteiger partial charge in [-0.15, -0.1) is 0 Å². The zero-order valence-electron chi connectivity index (χ0n) is 21.1. The lowest BCUT2D eigenvalue weighted by Crippen LogP contribution is -2.24. The molecule has 0 radical (unpaired) electrons. The molecule has 0 saturated heterocycles. The topological polar surface area (TPSA) is 85.2 Å². The van der Waals surface area contributed by atoms with Gasteiger partial charge in [0.15, 0.2) is 23.0 Å². The minimum atomic E-state index is -0.580. The first-order valence-corrected chi connectivity index (χ1v) is 12.3. The lowest BCUT2D eigenvalue weighted by molar-refractivity contribution is 0.0951. The van der Waals surface area contributed by atoms with Gasteiger partial charge < -0.3 is 15.4 Å². The molecule has 5 rings (SSSR count). The van der Waals surface area contributed by atoms with Crippen molar-refractivity contribution in [2.75, 3.05) is 5.32 Å². The van der Waals surface area contributed by atoms with Crippen LogP contribution >= 0.6 is 0 Å². The molecule has 1 heterocycles. The fraction of sp³-hybridized carbons (Fsp3) is 0.0645. The van der Waals surface area contributed by atoms with Crippen LogP contribution in [-0.2, 0) is 6.54 Å². The summed E-state index contributed by atoms with van der Waals surface area (Å²) in [6.45, 7) is 2.32. The Morgan fingerprint density at radius 3 is 2.41 bits per heavy atom. The van der Waals surface area contributed by atoms with E-state index in [0.717, 1.165) is 11.1 Å². The van der Waals surface area contributed by atoms with Gasteiger partial charge in [-0.1, -0.05) is 66.2 Å². The standard InChI is InChI=1S/C31H25FN4O3/c1-21-14-16-25(17-15-21)36-31(38)29(28(20-34-36)39-27-13-6-5-12-26(27)32)35-24-11-7-10-23(18-24)30(37)33-19-22-8-3-2-4-9-22/h2-18,20,35H,19H2,1H3,(H,33,37). The Morgan fingerprint density at radius 2 is 1.64 bits per heavy atom. The lowest BCUT2D eigenvalue weighted by Gasteiger charge is -2.15. The van der Waals surface area contributed by atoms with Gasteiger partial charge in [0.05, 0.1) is 11.9 Å². The van der Waals surface area contributed by atoms with Gasteiger partial charge in [-0.05, 0) is 55.0 Å². The van der Waals surface area contributed by atoms with E-state index in [9.17, 15) is 14.0 Å². The molecule has 0 aliphatic heterocycles. The summed E-state index contributed by atoms with van der Waals surface area (Å²) in [5.41, 5.74) is 2.97. The lowest BCUT2D eigenvalue weighted by atomic mass is 10.1. The monoisotopic (exact) mass is 520 g/mol. The van der Waals surface area contributed by atoms with Crippen LogP contribution in [0.3, 0.4) is 0 Å². The van der Waals surface area contributed by atoms with Crippen LogP contribution in [0.1, 0.15) is 21.5 Å². The number of halogens is 1. The fourth-order valence-electron chi connectivity index (χ4n) is 3.91. The summed E-state index contributed by atoms with van der Waals surface area (Å²) in [7, 11) is 0. The van der Waals surface area contributed by atoms with E-state index in [1.807, 2.05) is 49.4 Å². The van der Waals surface area contributed by atoms with E-state index in [1.54, 1.807) is 48.5 Å². The van der Waals surface area contributed by atoms with Crippen LogP contribution in [0, 0.1) is 12.7 Å². The number of aryl methyl sites for hydroxylation is 1. The third-order valence-electron chi connectivity index (χ3n) is 5.97. The number of ether oxygens (including phenoxy) is 1. The highest BCUT2D eigenvalue weighted by atomic mass is 19.1. The maximum Gasteiger partial charge on any atom is 0.299 e. The molecule has 0 spiro atoms. The minimum Gasteiger partial charge on any atom is -0.450 e. The van der Waals surface area contributed by atoms with Gasteiger partial charge in [-0.3, -0.25) is 9.59 Å². The first kappa shape index (κ1) is 25.4. The van der Waals surface area contributed by atoms with Crippen LogP contribution in [-0.4, -0.2) is 15.7 Å². The largest absolute Gasteiger partial charge is 0.450 e. The second kappa shape index (κ2) is 11.4. The van der Waals surface area contributed by atoms with E-state index in [-0.39, 0.29) is 23.1 Å². The number of rotatable bonds is 8. The predicted molar refractivity (Wildman–Crippen MR) is 148 cm³/mol. The summed E-state index contributed by atoms with van der Waals surface area (Å²) in [4.78, 5) is 26.4. The van der Waals surface area contributed by atoms with Crippen LogP contribution < -0.4 is 20.9 Å². The molecule has 1 amide bonds. The zero-order valence-corrected chi connectivity index (χ0v) is 21.1. The summed E-state index contributed by atoms with van der Waals surface area (Å²) >= 11 is 0. The van der Waals surface area contributed by atoms with Gasteiger partial charge >= 0.3 is 0 Å². The number of para-hydroxylation sites is 1. The highest BCUT2D eigenvalue weighted by Crippen LogP contribution is 2.30. The number of nitrogens with zero attached hydrogens (tertiary/aromatic N) is 2. The average Bonchev–Trinajstić information content (AvgIpc) is 2.96. The van der Waals surface area contributed by atoms with Crippen molar-refractivity contribution in [3.63, 3.8) is 0 Å². The van der Waals surface area contributed by atoms with E-state index in [1.165, 1.54) is 23.0 Å². The van der Waals surface area contributed by atoms with E-state index in [0.29, 0.717) is 23.5 Å². The molecule has 0 aliphatic rings. The molecule has 0 saturated carbocycles. The van der Waals surface area contributed by atoms with Crippen molar-refractivity contribution in [1.82, 2.24) is 15.1 Å². The number of carbonyl (C=O) groups excluding carboxylic acids is 1. The fourth-order valence-corrected chi connectivity index (χ4v) is 3.91. The second-order valence-corrected chi connectivity index (χ2v) is 8.84. The molecule has 8 heteroatoms. The first-order chi connectivity index (χ1) is 19.0. The third-order valence-corrected chi connectivity index (χ3v) is 5.97. The highest BCUT2D eigenvalue weighted by Gasteiger charge is 2.17. The average molecular weight is 521 g/mol. The molecule has 194 valence electrons. The number of nitrogens with one attached hydrogen (secondary N) is 2. The number of hydrogen-bond donors (Lipinski definition) is 2.